The number of benzene rings is 3. The van der Waals surface area contributed by atoms with Crippen molar-refractivity contribution in [3.05, 3.63) is 101 Å². The van der Waals surface area contributed by atoms with Crippen LogP contribution in [0.5, 0.6) is 0 Å². The summed E-state index contributed by atoms with van der Waals surface area (Å²) < 4.78 is 7.63. The Bertz CT molecular complexity index is 1350. The van der Waals surface area contributed by atoms with Gasteiger partial charge >= 0.3 is 5.63 Å². The van der Waals surface area contributed by atoms with Crippen LogP contribution in [0.25, 0.3) is 38.7 Å². The highest BCUT2D eigenvalue weighted by molar-refractivity contribution is 6.30. The monoisotopic (exact) mass is 371 g/mol. The van der Waals surface area contributed by atoms with Gasteiger partial charge in [-0.3, -0.25) is 0 Å². The summed E-state index contributed by atoms with van der Waals surface area (Å²) in [6.45, 7) is 0. The van der Waals surface area contributed by atoms with Crippen LogP contribution in [-0.2, 0) is 0 Å². The van der Waals surface area contributed by atoms with Crippen molar-refractivity contribution in [3.8, 4) is 16.8 Å². The van der Waals surface area contributed by atoms with E-state index in [1.54, 1.807) is 0 Å². The molecule has 0 unspecified atom stereocenters. The Morgan fingerprint density at radius 1 is 0.852 bits per heavy atom. The number of hydrogen-bond donors (Lipinski definition) is 0. The molecule has 0 N–H and O–H groups in total. The Morgan fingerprint density at radius 3 is 2.44 bits per heavy atom. The minimum atomic E-state index is -0.344. The van der Waals surface area contributed by atoms with E-state index in [2.05, 4.69) is 0 Å². The fourth-order valence-electron chi connectivity index (χ4n) is 3.55. The molecule has 0 atom stereocenters. The summed E-state index contributed by atoms with van der Waals surface area (Å²) >= 11 is 6.23. The molecule has 2 heterocycles. The lowest BCUT2D eigenvalue weighted by molar-refractivity contribution is 0.570. The molecule has 27 heavy (non-hydrogen) atoms. The van der Waals surface area contributed by atoms with E-state index in [1.807, 2.05) is 89.6 Å². The standard InChI is InChI=1S/C23H14ClNO2/c24-16-9-6-10-17(13-16)25-14-19(15-7-2-1-3-8-15)21-22(25)18-11-4-5-12-20(18)27-23(21)26/h1-14H. The summed E-state index contributed by atoms with van der Waals surface area (Å²) in [5, 5.41) is 2.09. The van der Waals surface area contributed by atoms with Gasteiger partial charge in [0.05, 0.1) is 10.9 Å². The number of aromatic nitrogens is 1. The second kappa shape index (κ2) is 6.15. The van der Waals surface area contributed by atoms with Gasteiger partial charge in [-0.15, -0.1) is 0 Å². The number of para-hydroxylation sites is 1. The number of hydrogen-bond acceptors (Lipinski definition) is 2. The summed E-state index contributed by atoms with van der Waals surface area (Å²) in [6, 6.07) is 25.0. The Morgan fingerprint density at radius 2 is 1.63 bits per heavy atom. The van der Waals surface area contributed by atoms with E-state index in [0.717, 1.165) is 27.7 Å². The van der Waals surface area contributed by atoms with Crippen molar-refractivity contribution in [1.82, 2.24) is 4.57 Å². The zero-order valence-corrected chi connectivity index (χ0v) is 15.0. The van der Waals surface area contributed by atoms with E-state index in [1.165, 1.54) is 0 Å². The lowest BCUT2D eigenvalue weighted by Gasteiger charge is -2.07. The van der Waals surface area contributed by atoms with Gasteiger partial charge in [0.1, 0.15) is 5.58 Å². The van der Waals surface area contributed by atoms with Gasteiger partial charge in [-0.05, 0) is 35.9 Å². The molecule has 0 fully saturated rings. The number of nitrogens with zero attached hydrogens (tertiary/aromatic N) is 1. The summed E-state index contributed by atoms with van der Waals surface area (Å²) in [5.41, 5.74) is 3.74. The quantitative estimate of drug-likeness (QED) is 0.354. The van der Waals surface area contributed by atoms with Crippen LogP contribution < -0.4 is 5.63 Å². The first-order valence-electron chi connectivity index (χ1n) is 8.60. The molecule has 0 radical (unpaired) electrons. The third-order valence-corrected chi connectivity index (χ3v) is 4.96. The van der Waals surface area contributed by atoms with Gasteiger partial charge in [-0.2, -0.15) is 0 Å². The van der Waals surface area contributed by atoms with E-state index in [4.69, 9.17) is 16.0 Å². The minimum absolute atomic E-state index is 0.344. The van der Waals surface area contributed by atoms with E-state index in [-0.39, 0.29) is 5.63 Å². The molecule has 0 bridgehead atoms. The van der Waals surface area contributed by atoms with Crippen LogP contribution in [0, 0.1) is 0 Å². The molecular weight excluding hydrogens is 358 g/mol. The first-order valence-corrected chi connectivity index (χ1v) is 8.98. The average molecular weight is 372 g/mol. The Hall–Kier alpha value is -3.30. The first kappa shape index (κ1) is 15.9. The zero-order valence-electron chi connectivity index (χ0n) is 14.2. The normalized spacial score (nSPS) is 11.3. The molecule has 0 saturated heterocycles. The van der Waals surface area contributed by atoms with Crippen molar-refractivity contribution in [2.75, 3.05) is 0 Å². The van der Waals surface area contributed by atoms with Gasteiger partial charge in [0, 0.05) is 27.9 Å². The molecule has 0 aliphatic rings. The van der Waals surface area contributed by atoms with Crippen molar-refractivity contribution in [2.45, 2.75) is 0 Å². The molecular formula is C23H14ClNO2. The van der Waals surface area contributed by atoms with Crippen molar-refractivity contribution in [3.63, 3.8) is 0 Å². The van der Waals surface area contributed by atoms with Gasteiger partial charge in [0.2, 0.25) is 0 Å². The molecule has 3 nitrogen and oxygen atoms in total. The molecule has 0 amide bonds. The maximum Gasteiger partial charge on any atom is 0.346 e. The number of halogens is 1. The van der Waals surface area contributed by atoms with Crippen molar-refractivity contribution >= 4 is 33.5 Å². The van der Waals surface area contributed by atoms with Gasteiger partial charge in [0.15, 0.2) is 0 Å². The average Bonchev–Trinajstić information content (AvgIpc) is 3.10. The van der Waals surface area contributed by atoms with Crippen LogP contribution >= 0.6 is 11.6 Å². The van der Waals surface area contributed by atoms with Gasteiger partial charge in [-0.1, -0.05) is 60.1 Å². The molecule has 0 aliphatic heterocycles. The molecule has 0 saturated carbocycles. The third kappa shape index (κ3) is 2.56. The lowest BCUT2D eigenvalue weighted by atomic mass is 10.1. The second-order valence-corrected chi connectivity index (χ2v) is 6.80. The van der Waals surface area contributed by atoms with Crippen LogP contribution in [0.15, 0.2) is 94.3 Å². The Labute approximate surface area is 160 Å². The van der Waals surface area contributed by atoms with E-state index in [9.17, 15) is 4.79 Å². The number of fused-ring (bicyclic) bond motifs is 3. The molecule has 5 aromatic rings. The van der Waals surface area contributed by atoms with Crippen LogP contribution in [0.2, 0.25) is 5.02 Å². The predicted molar refractivity (Wildman–Crippen MR) is 110 cm³/mol. The van der Waals surface area contributed by atoms with Gasteiger partial charge in [0.25, 0.3) is 0 Å². The first-order chi connectivity index (χ1) is 13.2. The highest BCUT2D eigenvalue weighted by Crippen LogP contribution is 2.35. The summed E-state index contributed by atoms with van der Waals surface area (Å²) in [4.78, 5) is 12.9. The van der Waals surface area contributed by atoms with Crippen LogP contribution in [0.1, 0.15) is 0 Å². The topological polar surface area (TPSA) is 35.1 Å². The Kier molecular flexibility index (Phi) is 3.62. The summed E-state index contributed by atoms with van der Waals surface area (Å²) in [6.07, 6.45) is 1.98. The van der Waals surface area contributed by atoms with E-state index >= 15 is 0 Å². The van der Waals surface area contributed by atoms with Crippen molar-refractivity contribution < 1.29 is 4.42 Å². The maximum absolute atomic E-state index is 12.9. The molecule has 3 aromatic carbocycles. The highest BCUT2D eigenvalue weighted by atomic mass is 35.5. The lowest BCUT2D eigenvalue weighted by Crippen LogP contribution is -2.01. The zero-order chi connectivity index (χ0) is 18.4. The summed E-state index contributed by atoms with van der Waals surface area (Å²) in [7, 11) is 0. The fourth-order valence-corrected chi connectivity index (χ4v) is 3.73. The second-order valence-electron chi connectivity index (χ2n) is 6.37. The molecule has 130 valence electrons. The predicted octanol–water partition coefficient (Wildman–Crippen LogP) is 6.06. The highest BCUT2D eigenvalue weighted by Gasteiger charge is 2.19. The largest absolute Gasteiger partial charge is 0.422 e. The minimum Gasteiger partial charge on any atom is -0.422 e. The van der Waals surface area contributed by atoms with Crippen molar-refractivity contribution in [1.29, 1.82) is 0 Å². The number of rotatable bonds is 2. The van der Waals surface area contributed by atoms with Gasteiger partial charge in [-0.25, -0.2) is 4.79 Å². The SMILES string of the molecule is O=c1oc2ccccc2c2c1c(-c1ccccc1)cn2-c1cccc(Cl)c1. The van der Waals surface area contributed by atoms with Crippen LogP contribution in [0.3, 0.4) is 0 Å². The van der Waals surface area contributed by atoms with Crippen LogP contribution in [0.4, 0.5) is 0 Å². The molecule has 4 heteroatoms. The van der Waals surface area contributed by atoms with Gasteiger partial charge < -0.3 is 8.98 Å². The molecule has 0 aliphatic carbocycles. The van der Waals surface area contributed by atoms with E-state index in [0.29, 0.717) is 16.0 Å². The van der Waals surface area contributed by atoms with E-state index < -0.39 is 0 Å². The molecule has 2 aromatic heterocycles. The van der Waals surface area contributed by atoms with Crippen molar-refractivity contribution in [2.24, 2.45) is 0 Å². The molecule has 0 spiro atoms. The summed E-state index contributed by atoms with van der Waals surface area (Å²) in [5.74, 6) is 0. The maximum atomic E-state index is 12.9. The fraction of sp³-hybridized carbons (Fsp3) is 0. The molecule has 5 rings (SSSR count). The third-order valence-electron chi connectivity index (χ3n) is 4.73. The van der Waals surface area contributed by atoms with Crippen LogP contribution in [-0.4, -0.2) is 4.57 Å². The smallest absolute Gasteiger partial charge is 0.346 e. The Balaban J connectivity index is 1.99.